The zero-order chi connectivity index (χ0) is 12.0. The van der Waals surface area contributed by atoms with E-state index < -0.39 is 0 Å². The number of hydrogen-bond acceptors (Lipinski definition) is 2. The molecule has 0 atom stereocenters. The van der Waals surface area contributed by atoms with Gasteiger partial charge in [0.05, 0.1) is 0 Å². The van der Waals surface area contributed by atoms with Gasteiger partial charge < -0.3 is 5.32 Å². The van der Waals surface area contributed by atoms with Crippen LogP contribution < -0.4 is 5.32 Å². The summed E-state index contributed by atoms with van der Waals surface area (Å²) in [6, 6.07) is 8.36. The normalized spacial score (nSPS) is 10.8. The number of hydrogen-bond donors (Lipinski definition) is 1. The smallest absolute Gasteiger partial charge is 0.164 e. The van der Waals surface area contributed by atoms with Crippen molar-refractivity contribution in [2.45, 2.75) is 39.7 Å². The van der Waals surface area contributed by atoms with Gasteiger partial charge in [0.15, 0.2) is 5.78 Å². The number of nitrogens with one attached hydrogen (secondary N) is 1. The van der Waals surface area contributed by atoms with Crippen molar-refractivity contribution in [3.8, 4) is 0 Å². The van der Waals surface area contributed by atoms with Crippen molar-refractivity contribution in [1.82, 2.24) is 5.32 Å². The number of benzene rings is 1. The summed E-state index contributed by atoms with van der Waals surface area (Å²) in [5, 5.41) is 3.25. The summed E-state index contributed by atoms with van der Waals surface area (Å²) in [5.41, 5.74) is 2.10. The second-order valence-corrected chi connectivity index (χ2v) is 4.33. The summed E-state index contributed by atoms with van der Waals surface area (Å²) in [4.78, 5) is 11.8. The second-order valence-electron chi connectivity index (χ2n) is 4.33. The van der Waals surface area contributed by atoms with Gasteiger partial charge in [0.25, 0.3) is 0 Å². The molecule has 0 aliphatic heterocycles. The third-order valence-electron chi connectivity index (χ3n) is 2.59. The first-order valence-corrected chi connectivity index (χ1v) is 5.99. The van der Waals surface area contributed by atoms with Gasteiger partial charge in [0.1, 0.15) is 0 Å². The number of Topliss-reactive ketones (excluding diaryl/α,β-unsaturated/α-hetero) is 1. The van der Waals surface area contributed by atoms with Crippen LogP contribution in [0.2, 0.25) is 0 Å². The summed E-state index contributed by atoms with van der Waals surface area (Å²) < 4.78 is 0. The molecule has 0 aliphatic carbocycles. The van der Waals surface area contributed by atoms with Crippen LogP contribution >= 0.6 is 0 Å². The minimum absolute atomic E-state index is 0.218. The highest BCUT2D eigenvalue weighted by Gasteiger charge is 2.05. The van der Waals surface area contributed by atoms with Crippen LogP contribution in [-0.4, -0.2) is 18.4 Å². The largest absolute Gasteiger partial charge is 0.314 e. The molecule has 16 heavy (non-hydrogen) atoms. The SMILES string of the molecule is CCc1ccc(C(=O)CCNC(C)C)cc1. The molecule has 0 fully saturated rings. The van der Waals surface area contributed by atoms with Crippen molar-refractivity contribution in [1.29, 1.82) is 0 Å². The highest BCUT2D eigenvalue weighted by molar-refractivity contribution is 5.96. The molecule has 0 bridgehead atoms. The fourth-order valence-electron chi connectivity index (χ4n) is 1.55. The molecule has 0 radical (unpaired) electrons. The first-order valence-electron chi connectivity index (χ1n) is 5.99. The maximum absolute atomic E-state index is 11.8. The molecule has 0 aromatic heterocycles. The molecular formula is C14H21NO. The van der Waals surface area contributed by atoms with Gasteiger partial charge >= 0.3 is 0 Å². The Morgan fingerprint density at radius 1 is 1.25 bits per heavy atom. The van der Waals surface area contributed by atoms with Crippen molar-refractivity contribution in [2.24, 2.45) is 0 Å². The predicted molar refractivity (Wildman–Crippen MR) is 67.9 cm³/mol. The average Bonchev–Trinajstić information content (AvgIpc) is 2.28. The Morgan fingerprint density at radius 2 is 1.88 bits per heavy atom. The van der Waals surface area contributed by atoms with Crippen LogP contribution in [0.3, 0.4) is 0 Å². The Kier molecular flexibility index (Phi) is 5.20. The molecule has 1 aromatic rings. The molecule has 88 valence electrons. The molecule has 1 N–H and O–H groups in total. The van der Waals surface area contributed by atoms with Crippen LogP contribution in [0.5, 0.6) is 0 Å². The quantitative estimate of drug-likeness (QED) is 0.745. The molecule has 2 heteroatoms. The van der Waals surface area contributed by atoms with E-state index in [0.717, 1.165) is 18.5 Å². The Balaban J connectivity index is 2.46. The monoisotopic (exact) mass is 219 g/mol. The van der Waals surface area contributed by atoms with Gasteiger partial charge in [-0.2, -0.15) is 0 Å². The van der Waals surface area contributed by atoms with Crippen molar-refractivity contribution in [3.05, 3.63) is 35.4 Å². The first kappa shape index (κ1) is 12.9. The van der Waals surface area contributed by atoms with Gasteiger partial charge in [-0.15, -0.1) is 0 Å². The third-order valence-corrected chi connectivity index (χ3v) is 2.59. The Bertz CT molecular complexity index is 327. The summed E-state index contributed by atoms with van der Waals surface area (Å²) in [6.45, 7) is 7.04. The molecule has 0 saturated carbocycles. The van der Waals surface area contributed by atoms with Gasteiger partial charge in [0.2, 0.25) is 0 Å². The van der Waals surface area contributed by atoms with Crippen LogP contribution in [-0.2, 0) is 6.42 Å². The maximum Gasteiger partial charge on any atom is 0.164 e. The number of rotatable bonds is 6. The summed E-state index contributed by atoms with van der Waals surface area (Å²) in [7, 11) is 0. The fraction of sp³-hybridized carbons (Fsp3) is 0.500. The molecule has 0 saturated heterocycles. The number of carbonyl (C=O) groups excluding carboxylic acids is 1. The molecule has 0 amide bonds. The lowest BCUT2D eigenvalue weighted by atomic mass is 10.0. The highest BCUT2D eigenvalue weighted by Crippen LogP contribution is 2.07. The lowest BCUT2D eigenvalue weighted by Gasteiger charge is -2.07. The van der Waals surface area contributed by atoms with E-state index in [-0.39, 0.29) is 5.78 Å². The van der Waals surface area contributed by atoms with Crippen LogP contribution in [0.25, 0.3) is 0 Å². The van der Waals surface area contributed by atoms with E-state index in [0.29, 0.717) is 12.5 Å². The van der Waals surface area contributed by atoms with Gasteiger partial charge in [-0.1, -0.05) is 45.0 Å². The topological polar surface area (TPSA) is 29.1 Å². The molecule has 2 nitrogen and oxygen atoms in total. The van der Waals surface area contributed by atoms with Crippen LogP contribution in [0.1, 0.15) is 43.1 Å². The molecular weight excluding hydrogens is 198 g/mol. The fourth-order valence-corrected chi connectivity index (χ4v) is 1.55. The van der Waals surface area contributed by atoms with E-state index >= 15 is 0 Å². The van der Waals surface area contributed by atoms with Crippen LogP contribution in [0.15, 0.2) is 24.3 Å². The number of ketones is 1. The summed E-state index contributed by atoms with van der Waals surface area (Å²) >= 11 is 0. The first-order chi connectivity index (χ1) is 7.63. The van der Waals surface area contributed by atoms with E-state index in [2.05, 4.69) is 26.1 Å². The van der Waals surface area contributed by atoms with Gasteiger partial charge in [-0.25, -0.2) is 0 Å². The van der Waals surface area contributed by atoms with Crippen molar-refractivity contribution in [2.75, 3.05) is 6.54 Å². The zero-order valence-corrected chi connectivity index (χ0v) is 10.4. The van der Waals surface area contributed by atoms with E-state index in [1.807, 2.05) is 24.3 Å². The minimum Gasteiger partial charge on any atom is -0.314 e. The van der Waals surface area contributed by atoms with E-state index in [4.69, 9.17) is 0 Å². The Morgan fingerprint density at radius 3 is 2.38 bits per heavy atom. The molecule has 0 aliphatic rings. The molecule has 1 rings (SSSR count). The minimum atomic E-state index is 0.218. The van der Waals surface area contributed by atoms with Crippen LogP contribution in [0.4, 0.5) is 0 Å². The summed E-state index contributed by atoms with van der Waals surface area (Å²) in [6.07, 6.45) is 1.59. The van der Waals surface area contributed by atoms with Crippen LogP contribution in [0, 0.1) is 0 Å². The zero-order valence-electron chi connectivity index (χ0n) is 10.4. The second kappa shape index (κ2) is 6.44. The third kappa shape index (κ3) is 4.15. The molecule has 1 aromatic carbocycles. The Hall–Kier alpha value is -1.15. The van der Waals surface area contributed by atoms with Gasteiger partial charge in [-0.3, -0.25) is 4.79 Å². The van der Waals surface area contributed by atoms with E-state index in [9.17, 15) is 4.79 Å². The molecule has 0 unspecified atom stereocenters. The standard InChI is InChI=1S/C14H21NO/c1-4-12-5-7-13(8-6-12)14(16)9-10-15-11(2)3/h5-8,11,15H,4,9-10H2,1-3H3. The Labute approximate surface area is 98.1 Å². The van der Waals surface area contributed by atoms with E-state index in [1.54, 1.807) is 0 Å². The predicted octanol–water partition coefficient (Wildman–Crippen LogP) is 2.82. The molecule has 0 spiro atoms. The van der Waals surface area contributed by atoms with Crippen molar-refractivity contribution < 1.29 is 4.79 Å². The number of aryl methyl sites for hydroxylation is 1. The average molecular weight is 219 g/mol. The highest BCUT2D eigenvalue weighted by atomic mass is 16.1. The lowest BCUT2D eigenvalue weighted by molar-refractivity contribution is 0.0982. The van der Waals surface area contributed by atoms with Gasteiger partial charge in [-0.05, 0) is 12.0 Å². The van der Waals surface area contributed by atoms with Gasteiger partial charge in [0, 0.05) is 24.6 Å². The van der Waals surface area contributed by atoms with Crippen molar-refractivity contribution >= 4 is 5.78 Å². The molecule has 0 heterocycles. The van der Waals surface area contributed by atoms with Crippen molar-refractivity contribution in [3.63, 3.8) is 0 Å². The summed E-state index contributed by atoms with van der Waals surface area (Å²) in [5.74, 6) is 0.218. The number of carbonyl (C=O) groups is 1. The van der Waals surface area contributed by atoms with E-state index in [1.165, 1.54) is 5.56 Å². The maximum atomic E-state index is 11.8. The lowest BCUT2D eigenvalue weighted by Crippen LogP contribution is -2.25.